The normalized spacial score (nSPS) is 10.9. The Morgan fingerprint density at radius 3 is 2.76 bits per heavy atom. The second kappa shape index (κ2) is 3.82. The van der Waals surface area contributed by atoms with Crippen LogP contribution in [0.5, 0.6) is 0 Å². The van der Waals surface area contributed by atoms with Crippen LogP contribution >= 0.6 is 11.6 Å². The standard InChI is InChI=1S/C12H9ClN4/c1-8-15-16-12(13)17(8)11-6-2-5-10-9(11)4-3-7-14-10/h2-7H,1H3. The third-order valence-corrected chi connectivity index (χ3v) is 2.89. The first-order valence-electron chi connectivity index (χ1n) is 5.19. The van der Waals surface area contributed by atoms with Gasteiger partial charge >= 0.3 is 0 Å². The second-order valence-corrected chi connectivity index (χ2v) is 4.04. The van der Waals surface area contributed by atoms with E-state index >= 15 is 0 Å². The van der Waals surface area contributed by atoms with Gasteiger partial charge in [0.15, 0.2) is 0 Å². The topological polar surface area (TPSA) is 43.6 Å². The zero-order valence-corrected chi connectivity index (χ0v) is 9.89. The van der Waals surface area contributed by atoms with Gasteiger partial charge < -0.3 is 0 Å². The summed E-state index contributed by atoms with van der Waals surface area (Å²) in [5, 5.41) is 9.20. The Morgan fingerprint density at radius 2 is 2.00 bits per heavy atom. The molecule has 0 aliphatic heterocycles. The number of benzene rings is 1. The van der Waals surface area contributed by atoms with Gasteiger partial charge in [-0.25, -0.2) is 0 Å². The fraction of sp³-hybridized carbons (Fsp3) is 0.0833. The maximum absolute atomic E-state index is 6.05. The first kappa shape index (κ1) is 10.2. The highest BCUT2D eigenvalue weighted by Crippen LogP contribution is 2.24. The summed E-state index contributed by atoms with van der Waals surface area (Å²) in [5.41, 5.74) is 1.87. The fourth-order valence-corrected chi connectivity index (χ4v) is 2.14. The molecule has 0 spiro atoms. The molecular weight excluding hydrogens is 236 g/mol. The lowest BCUT2D eigenvalue weighted by molar-refractivity contribution is 0.976. The SMILES string of the molecule is Cc1nnc(Cl)n1-c1cccc2ncccc12. The summed E-state index contributed by atoms with van der Waals surface area (Å²) < 4.78 is 1.81. The molecule has 0 unspecified atom stereocenters. The van der Waals surface area contributed by atoms with Crippen molar-refractivity contribution in [3.05, 3.63) is 47.6 Å². The maximum atomic E-state index is 6.05. The molecule has 0 amide bonds. The smallest absolute Gasteiger partial charge is 0.229 e. The molecule has 1 aromatic carbocycles. The summed E-state index contributed by atoms with van der Waals surface area (Å²) in [7, 11) is 0. The summed E-state index contributed by atoms with van der Waals surface area (Å²) in [6.45, 7) is 1.87. The van der Waals surface area contributed by atoms with Gasteiger partial charge in [-0.2, -0.15) is 0 Å². The van der Waals surface area contributed by atoms with E-state index in [-0.39, 0.29) is 0 Å². The number of pyridine rings is 1. The van der Waals surface area contributed by atoms with Crippen molar-refractivity contribution in [1.29, 1.82) is 0 Å². The van der Waals surface area contributed by atoms with Crippen LogP contribution in [0.15, 0.2) is 36.5 Å². The maximum Gasteiger partial charge on any atom is 0.229 e. The second-order valence-electron chi connectivity index (χ2n) is 3.70. The average Bonchev–Trinajstić information content (AvgIpc) is 2.69. The third-order valence-electron chi connectivity index (χ3n) is 2.65. The molecule has 0 N–H and O–H groups in total. The molecule has 0 atom stereocenters. The van der Waals surface area contributed by atoms with Crippen molar-refractivity contribution in [3.63, 3.8) is 0 Å². The Morgan fingerprint density at radius 1 is 1.12 bits per heavy atom. The van der Waals surface area contributed by atoms with E-state index in [1.54, 1.807) is 6.20 Å². The zero-order chi connectivity index (χ0) is 11.8. The van der Waals surface area contributed by atoms with E-state index in [2.05, 4.69) is 15.2 Å². The molecule has 0 radical (unpaired) electrons. The molecule has 17 heavy (non-hydrogen) atoms. The minimum atomic E-state index is 0.360. The summed E-state index contributed by atoms with van der Waals surface area (Å²) in [4.78, 5) is 4.31. The largest absolute Gasteiger partial charge is 0.269 e. The van der Waals surface area contributed by atoms with Crippen LogP contribution in [-0.2, 0) is 0 Å². The molecule has 2 aromatic heterocycles. The van der Waals surface area contributed by atoms with Crippen molar-refractivity contribution in [2.24, 2.45) is 0 Å². The van der Waals surface area contributed by atoms with Gasteiger partial charge in [0.05, 0.1) is 11.2 Å². The van der Waals surface area contributed by atoms with Crippen molar-refractivity contribution in [2.75, 3.05) is 0 Å². The lowest BCUT2D eigenvalue weighted by Crippen LogP contribution is -1.98. The van der Waals surface area contributed by atoms with Gasteiger partial charge in [-0.05, 0) is 42.8 Å². The summed E-state index contributed by atoms with van der Waals surface area (Å²) >= 11 is 6.05. The Hall–Kier alpha value is -1.94. The third kappa shape index (κ3) is 1.57. The van der Waals surface area contributed by atoms with Crippen LogP contribution in [0.1, 0.15) is 5.82 Å². The van der Waals surface area contributed by atoms with E-state index in [9.17, 15) is 0 Å². The number of aryl methyl sites for hydroxylation is 1. The number of halogens is 1. The quantitative estimate of drug-likeness (QED) is 0.661. The fourth-order valence-electron chi connectivity index (χ4n) is 1.89. The molecular formula is C12H9ClN4. The highest BCUT2D eigenvalue weighted by atomic mass is 35.5. The van der Waals surface area contributed by atoms with Crippen molar-refractivity contribution in [3.8, 4) is 5.69 Å². The number of hydrogen-bond donors (Lipinski definition) is 0. The van der Waals surface area contributed by atoms with Gasteiger partial charge in [-0.3, -0.25) is 9.55 Å². The lowest BCUT2D eigenvalue weighted by Gasteiger charge is -2.08. The number of hydrogen-bond acceptors (Lipinski definition) is 3. The van der Waals surface area contributed by atoms with Crippen LogP contribution in [0.25, 0.3) is 16.6 Å². The van der Waals surface area contributed by atoms with Gasteiger partial charge in [0.1, 0.15) is 5.82 Å². The van der Waals surface area contributed by atoms with Gasteiger partial charge in [0.25, 0.3) is 0 Å². The van der Waals surface area contributed by atoms with Gasteiger partial charge in [0.2, 0.25) is 5.28 Å². The summed E-state index contributed by atoms with van der Waals surface area (Å²) in [6, 6.07) is 9.80. The molecule has 0 saturated heterocycles. The van der Waals surface area contributed by atoms with Gasteiger partial charge in [-0.1, -0.05) is 6.07 Å². The van der Waals surface area contributed by atoms with E-state index in [1.807, 2.05) is 41.8 Å². The molecule has 3 rings (SSSR count). The summed E-state index contributed by atoms with van der Waals surface area (Å²) in [6.07, 6.45) is 1.77. The number of nitrogens with zero attached hydrogens (tertiary/aromatic N) is 4. The van der Waals surface area contributed by atoms with Crippen LogP contribution < -0.4 is 0 Å². The average molecular weight is 245 g/mol. The molecule has 3 aromatic rings. The van der Waals surface area contributed by atoms with E-state index in [0.29, 0.717) is 5.28 Å². The molecule has 0 aliphatic rings. The molecule has 4 nitrogen and oxygen atoms in total. The van der Waals surface area contributed by atoms with Crippen LogP contribution in [0.3, 0.4) is 0 Å². The zero-order valence-electron chi connectivity index (χ0n) is 9.13. The number of rotatable bonds is 1. The van der Waals surface area contributed by atoms with E-state index < -0.39 is 0 Å². The van der Waals surface area contributed by atoms with E-state index in [0.717, 1.165) is 22.4 Å². The van der Waals surface area contributed by atoms with Crippen molar-refractivity contribution in [2.45, 2.75) is 6.92 Å². The molecule has 2 heterocycles. The van der Waals surface area contributed by atoms with E-state index in [1.165, 1.54) is 0 Å². The van der Waals surface area contributed by atoms with Gasteiger partial charge in [-0.15, -0.1) is 10.2 Å². The van der Waals surface area contributed by atoms with Crippen molar-refractivity contribution < 1.29 is 0 Å². The molecule has 84 valence electrons. The number of fused-ring (bicyclic) bond motifs is 1. The highest BCUT2D eigenvalue weighted by molar-refractivity contribution is 6.28. The minimum absolute atomic E-state index is 0.360. The van der Waals surface area contributed by atoms with Crippen LogP contribution in [-0.4, -0.2) is 19.7 Å². The predicted octanol–water partition coefficient (Wildman–Crippen LogP) is 2.78. The summed E-state index contributed by atoms with van der Waals surface area (Å²) in [5.74, 6) is 0.756. The minimum Gasteiger partial charge on any atom is -0.269 e. The Bertz CT molecular complexity index is 665. The Balaban J connectivity index is 2.38. The van der Waals surface area contributed by atoms with E-state index in [4.69, 9.17) is 11.6 Å². The predicted molar refractivity (Wildman–Crippen MR) is 66.4 cm³/mol. The molecule has 0 aliphatic carbocycles. The van der Waals surface area contributed by atoms with Crippen LogP contribution in [0.4, 0.5) is 0 Å². The van der Waals surface area contributed by atoms with Crippen molar-refractivity contribution in [1.82, 2.24) is 19.7 Å². The molecule has 5 heteroatoms. The lowest BCUT2D eigenvalue weighted by atomic mass is 10.2. The molecule has 0 fully saturated rings. The highest BCUT2D eigenvalue weighted by Gasteiger charge is 2.11. The first-order chi connectivity index (χ1) is 8.27. The number of aromatic nitrogens is 4. The Labute approximate surface area is 103 Å². The first-order valence-corrected chi connectivity index (χ1v) is 5.57. The molecule has 0 bridgehead atoms. The monoisotopic (exact) mass is 244 g/mol. The van der Waals surface area contributed by atoms with Crippen molar-refractivity contribution >= 4 is 22.5 Å². The van der Waals surface area contributed by atoms with Gasteiger partial charge in [0, 0.05) is 11.6 Å². The van der Waals surface area contributed by atoms with Crippen LogP contribution in [0, 0.1) is 6.92 Å². The van der Waals surface area contributed by atoms with Crippen LogP contribution in [0.2, 0.25) is 5.28 Å². The Kier molecular flexibility index (Phi) is 2.30. The molecule has 0 saturated carbocycles.